The number of piperidine rings is 1. The first-order valence-electron chi connectivity index (χ1n) is 18.5. The van der Waals surface area contributed by atoms with E-state index < -0.39 is 6.29 Å². The van der Waals surface area contributed by atoms with Gasteiger partial charge in [0.2, 0.25) is 0 Å². The molecule has 4 aliphatic carbocycles. The fourth-order valence-electron chi connectivity index (χ4n) is 9.96. The summed E-state index contributed by atoms with van der Waals surface area (Å²) in [6, 6.07) is 25.0. The minimum Gasteiger partial charge on any atom is -0.392 e. The zero-order valence-electron chi connectivity index (χ0n) is 28.1. The van der Waals surface area contributed by atoms with Gasteiger partial charge in [-0.15, -0.1) is 0 Å². The van der Waals surface area contributed by atoms with E-state index in [-0.39, 0.29) is 30.4 Å². The second-order valence-electron chi connectivity index (χ2n) is 15.5. The third-order valence-electron chi connectivity index (χ3n) is 11.9. The van der Waals surface area contributed by atoms with Crippen molar-refractivity contribution in [1.29, 1.82) is 0 Å². The van der Waals surface area contributed by atoms with Crippen LogP contribution < -0.4 is 10.6 Å². The van der Waals surface area contributed by atoms with Crippen molar-refractivity contribution < 1.29 is 19.4 Å². The van der Waals surface area contributed by atoms with E-state index in [1.807, 2.05) is 18.2 Å². The third-order valence-corrected chi connectivity index (χ3v) is 11.9. The highest BCUT2D eigenvalue weighted by atomic mass is 16.7. The van der Waals surface area contributed by atoms with E-state index in [0.717, 1.165) is 96.5 Å². The lowest BCUT2D eigenvalue weighted by Gasteiger charge is -2.56. The van der Waals surface area contributed by atoms with Crippen LogP contribution in [0.1, 0.15) is 98.9 Å². The molecule has 9 rings (SSSR count). The average Bonchev–Trinajstić information content (AvgIpc) is 3.10. The Hall–Kier alpha value is -3.23. The van der Waals surface area contributed by atoms with Gasteiger partial charge in [-0.2, -0.15) is 0 Å². The Morgan fingerprint density at radius 3 is 2.15 bits per heavy atom. The molecule has 2 heterocycles. The van der Waals surface area contributed by atoms with Gasteiger partial charge in [-0.3, -0.25) is 0 Å². The second kappa shape index (κ2) is 13.9. The Morgan fingerprint density at radius 2 is 1.46 bits per heavy atom. The van der Waals surface area contributed by atoms with Gasteiger partial charge in [0.15, 0.2) is 6.29 Å². The van der Waals surface area contributed by atoms with Gasteiger partial charge in [0, 0.05) is 30.6 Å². The lowest BCUT2D eigenvalue weighted by Crippen LogP contribution is -2.61. The molecule has 3 atom stereocenters. The van der Waals surface area contributed by atoms with Crippen LogP contribution in [0.25, 0.3) is 11.1 Å². The lowest BCUT2D eigenvalue weighted by molar-refractivity contribution is -0.253. The molecule has 0 aromatic heterocycles. The van der Waals surface area contributed by atoms with Crippen molar-refractivity contribution in [3.8, 4) is 11.1 Å². The monoisotopic (exact) mass is 649 g/mol. The van der Waals surface area contributed by atoms with E-state index in [4.69, 9.17) is 9.47 Å². The maximum Gasteiger partial charge on any atom is 0.315 e. The van der Waals surface area contributed by atoms with Crippen LogP contribution in [0.4, 0.5) is 4.79 Å². The molecule has 3 unspecified atom stereocenters. The number of likely N-dealkylation sites (tertiary alicyclic amines) is 1. The average molecular weight is 650 g/mol. The number of urea groups is 1. The summed E-state index contributed by atoms with van der Waals surface area (Å²) in [6.07, 6.45) is 11.7. The van der Waals surface area contributed by atoms with E-state index in [1.54, 1.807) is 0 Å². The van der Waals surface area contributed by atoms with Crippen molar-refractivity contribution in [2.45, 2.75) is 101 Å². The second-order valence-corrected chi connectivity index (χ2v) is 15.5. The van der Waals surface area contributed by atoms with Gasteiger partial charge in [-0.05, 0) is 110 Å². The van der Waals surface area contributed by atoms with Crippen LogP contribution in [0.2, 0.25) is 0 Å². The molecule has 0 radical (unpaired) electrons. The quantitative estimate of drug-likeness (QED) is 0.222. The summed E-state index contributed by atoms with van der Waals surface area (Å²) in [5.74, 6) is 2.40. The van der Waals surface area contributed by atoms with E-state index >= 15 is 0 Å². The molecule has 3 N–H and O–H groups in total. The summed E-state index contributed by atoms with van der Waals surface area (Å²) in [7, 11) is 0. The molecule has 4 saturated carbocycles. The molecule has 3 aromatic rings. The standard InChI is InChI=1S/C41H51N3O4/c45-27-28-8-10-33(11-9-28)38-21-36(26-44-16-4-1-5-17-44)47-39(48-38)34-14-12-32(13-15-34)37-7-3-2-6-35(37)25-42-40(46)43-41-22-29-18-30(23-41)20-31(19-29)24-41/h2-3,6-15,29-31,36,38-39,45H,1,4-5,16-27H2,(H2,42,43,46). The number of hydrogen-bond acceptors (Lipinski definition) is 5. The minimum absolute atomic E-state index is 0.00607. The van der Waals surface area contributed by atoms with Crippen molar-refractivity contribution in [2.24, 2.45) is 17.8 Å². The summed E-state index contributed by atoms with van der Waals surface area (Å²) in [5.41, 5.74) is 6.36. The molecule has 0 spiro atoms. The van der Waals surface area contributed by atoms with Crippen molar-refractivity contribution >= 4 is 6.03 Å². The summed E-state index contributed by atoms with van der Waals surface area (Å²) < 4.78 is 13.3. The van der Waals surface area contributed by atoms with E-state index in [1.165, 1.54) is 38.5 Å². The van der Waals surface area contributed by atoms with E-state index in [0.29, 0.717) is 6.54 Å². The lowest BCUT2D eigenvalue weighted by atomic mass is 9.53. The van der Waals surface area contributed by atoms with Crippen LogP contribution in [0, 0.1) is 17.8 Å². The zero-order valence-corrected chi connectivity index (χ0v) is 28.1. The number of carbonyl (C=O) groups is 1. The normalized spacial score (nSPS) is 31.4. The Kier molecular flexibility index (Phi) is 9.30. The number of amides is 2. The van der Waals surface area contributed by atoms with Crippen molar-refractivity contribution in [3.63, 3.8) is 0 Å². The summed E-state index contributed by atoms with van der Waals surface area (Å²) in [4.78, 5) is 15.8. The highest BCUT2D eigenvalue weighted by Crippen LogP contribution is 2.55. The number of hydrogen-bond donors (Lipinski definition) is 3. The Balaban J connectivity index is 0.946. The van der Waals surface area contributed by atoms with Gasteiger partial charge < -0.3 is 30.1 Å². The number of nitrogens with one attached hydrogen (secondary N) is 2. The predicted octanol–water partition coefficient (Wildman–Crippen LogP) is 7.65. The summed E-state index contributed by atoms with van der Waals surface area (Å²) in [6.45, 7) is 3.71. The molecular weight excluding hydrogens is 598 g/mol. The molecular formula is C41H51N3O4. The summed E-state index contributed by atoms with van der Waals surface area (Å²) in [5, 5.41) is 16.2. The van der Waals surface area contributed by atoms with Gasteiger partial charge in [-0.25, -0.2) is 4.79 Å². The first-order valence-corrected chi connectivity index (χ1v) is 18.5. The van der Waals surface area contributed by atoms with Crippen molar-refractivity contribution in [1.82, 2.24) is 15.5 Å². The molecule has 6 aliphatic rings. The Labute approximate surface area is 285 Å². The molecule has 254 valence electrons. The fraction of sp³-hybridized carbons (Fsp3) is 0.537. The van der Waals surface area contributed by atoms with Gasteiger partial charge in [-0.1, -0.05) is 79.2 Å². The van der Waals surface area contributed by atoms with Crippen LogP contribution in [0.15, 0.2) is 72.8 Å². The maximum atomic E-state index is 13.2. The molecule has 7 nitrogen and oxygen atoms in total. The number of carbonyl (C=O) groups excluding carboxylic acids is 1. The van der Waals surface area contributed by atoms with Crippen LogP contribution in [0.3, 0.4) is 0 Å². The van der Waals surface area contributed by atoms with Gasteiger partial charge >= 0.3 is 6.03 Å². The van der Waals surface area contributed by atoms with Gasteiger partial charge in [0.1, 0.15) is 0 Å². The minimum atomic E-state index is -0.463. The molecule has 3 aromatic carbocycles. The smallest absolute Gasteiger partial charge is 0.315 e. The fourth-order valence-corrected chi connectivity index (χ4v) is 9.96. The zero-order chi connectivity index (χ0) is 32.5. The predicted molar refractivity (Wildman–Crippen MR) is 187 cm³/mol. The molecule has 7 heteroatoms. The number of aliphatic hydroxyl groups is 1. The molecule has 6 fully saturated rings. The molecule has 2 amide bonds. The van der Waals surface area contributed by atoms with Crippen LogP contribution >= 0.6 is 0 Å². The maximum absolute atomic E-state index is 13.2. The Bertz CT molecular complexity index is 1520. The number of ether oxygens (including phenoxy) is 2. The van der Waals surface area contributed by atoms with Crippen LogP contribution in [-0.4, -0.2) is 47.3 Å². The highest BCUT2D eigenvalue weighted by Gasteiger charge is 2.51. The molecule has 2 saturated heterocycles. The topological polar surface area (TPSA) is 83.1 Å². The van der Waals surface area contributed by atoms with E-state index in [9.17, 15) is 9.90 Å². The summed E-state index contributed by atoms with van der Waals surface area (Å²) >= 11 is 0. The van der Waals surface area contributed by atoms with Crippen molar-refractivity contribution in [3.05, 3.63) is 95.1 Å². The SMILES string of the molecule is O=C(NCc1ccccc1-c1ccc(C2OC(CN3CCCCC3)CC(c3ccc(CO)cc3)O2)cc1)NC12CC3CC(CC(C3)C1)C2. The third kappa shape index (κ3) is 7.07. The first-order chi connectivity index (χ1) is 23.5. The first kappa shape index (κ1) is 32.0. The number of benzene rings is 3. The molecule has 48 heavy (non-hydrogen) atoms. The van der Waals surface area contributed by atoms with Crippen LogP contribution in [0.5, 0.6) is 0 Å². The van der Waals surface area contributed by atoms with E-state index in [2.05, 4.69) is 70.1 Å². The number of nitrogens with zero attached hydrogens (tertiary/aromatic N) is 1. The highest BCUT2D eigenvalue weighted by molar-refractivity contribution is 5.76. The molecule has 2 aliphatic heterocycles. The van der Waals surface area contributed by atoms with Crippen molar-refractivity contribution in [2.75, 3.05) is 19.6 Å². The van der Waals surface area contributed by atoms with Gasteiger partial charge in [0.05, 0.1) is 18.8 Å². The largest absolute Gasteiger partial charge is 0.392 e. The molecule has 4 bridgehead atoms. The number of aliphatic hydroxyl groups excluding tert-OH is 1. The van der Waals surface area contributed by atoms with Gasteiger partial charge in [0.25, 0.3) is 0 Å². The number of rotatable bonds is 9. The Morgan fingerprint density at radius 1 is 0.792 bits per heavy atom. The van der Waals surface area contributed by atoms with Crippen LogP contribution in [-0.2, 0) is 22.6 Å².